The fraction of sp³-hybridized carbons (Fsp3) is 0.316. The third-order valence-electron chi connectivity index (χ3n) is 4.05. The summed E-state index contributed by atoms with van der Waals surface area (Å²) < 4.78 is 41.9. The van der Waals surface area contributed by atoms with Crippen molar-refractivity contribution in [1.82, 2.24) is 15.5 Å². The highest BCUT2D eigenvalue weighted by molar-refractivity contribution is 14.0. The van der Waals surface area contributed by atoms with E-state index < -0.39 is 17.7 Å². The Morgan fingerprint density at radius 1 is 0.963 bits per heavy atom. The van der Waals surface area contributed by atoms with Gasteiger partial charge in [0, 0.05) is 31.3 Å². The molecule has 0 aliphatic heterocycles. The van der Waals surface area contributed by atoms with Crippen molar-refractivity contribution in [2.45, 2.75) is 12.6 Å². The highest BCUT2D eigenvalue weighted by atomic mass is 127. The molecule has 4 nitrogen and oxygen atoms in total. The number of guanidine groups is 1. The molecule has 0 amide bonds. The highest BCUT2D eigenvalue weighted by Crippen LogP contribution is 2.23. The van der Waals surface area contributed by atoms with Crippen molar-refractivity contribution in [1.29, 1.82) is 0 Å². The molecule has 0 saturated heterocycles. The molecular formula is C19H24F3IN4. The zero-order valence-electron chi connectivity index (χ0n) is 15.5. The number of benzene rings is 2. The molecule has 1 unspecified atom stereocenters. The van der Waals surface area contributed by atoms with Gasteiger partial charge in [-0.2, -0.15) is 0 Å². The summed E-state index contributed by atoms with van der Waals surface area (Å²) in [7, 11) is 5.06. The summed E-state index contributed by atoms with van der Waals surface area (Å²) in [4.78, 5) is 5.79. The largest absolute Gasteiger partial charge is 0.354 e. The summed E-state index contributed by atoms with van der Waals surface area (Å²) in [5.74, 6) is -1.09. The van der Waals surface area contributed by atoms with Crippen LogP contribution in [0.5, 0.6) is 0 Å². The molecule has 0 aliphatic carbocycles. The van der Waals surface area contributed by atoms with E-state index in [2.05, 4.69) is 15.6 Å². The zero-order valence-corrected chi connectivity index (χ0v) is 17.8. The van der Waals surface area contributed by atoms with Crippen molar-refractivity contribution in [2.24, 2.45) is 4.99 Å². The Hall–Kier alpha value is -1.81. The van der Waals surface area contributed by atoms with Gasteiger partial charge in [0.05, 0.1) is 6.04 Å². The molecule has 2 aromatic carbocycles. The highest BCUT2D eigenvalue weighted by Gasteiger charge is 2.22. The van der Waals surface area contributed by atoms with Crippen LogP contribution < -0.4 is 10.6 Å². The molecule has 1 atom stereocenters. The van der Waals surface area contributed by atoms with Crippen molar-refractivity contribution in [3.05, 3.63) is 71.0 Å². The van der Waals surface area contributed by atoms with Crippen LogP contribution in [0.3, 0.4) is 0 Å². The SMILES string of the molecule is CN=C(NCc1ccccc1F)NCC(c1c(F)cccc1F)N(C)C.I. The summed E-state index contributed by atoms with van der Waals surface area (Å²) in [5.41, 5.74) is 0.495. The third kappa shape index (κ3) is 6.39. The van der Waals surface area contributed by atoms with Crippen molar-refractivity contribution >= 4 is 29.9 Å². The maximum absolute atomic E-state index is 14.1. The second kappa shape index (κ2) is 11.1. The Labute approximate surface area is 174 Å². The van der Waals surface area contributed by atoms with Gasteiger partial charge in [0.15, 0.2) is 5.96 Å². The summed E-state index contributed by atoms with van der Waals surface area (Å²) in [6, 6.07) is 9.70. The lowest BCUT2D eigenvalue weighted by Crippen LogP contribution is -2.42. The van der Waals surface area contributed by atoms with Gasteiger partial charge >= 0.3 is 0 Å². The second-order valence-electron chi connectivity index (χ2n) is 6.01. The zero-order chi connectivity index (χ0) is 19.1. The molecule has 0 fully saturated rings. The molecule has 0 aromatic heterocycles. The van der Waals surface area contributed by atoms with Gasteiger partial charge in [0.2, 0.25) is 0 Å². The van der Waals surface area contributed by atoms with Gasteiger partial charge in [0.1, 0.15) is 17.5 Å². The molecule has 2 rings (SSSR count). The van der Waals surface area contributed by atoms with Crippen molar-refractivity contribution in [3.63, 3.8) is 0 Å². The first-order valence-corrected chi connectivity index (χ1v) is 8.22. The Morgan fingerprint density at radius 2 is 1.56 bits per heavy atom. The molecular weight excluding hydrogens is 468 g/mol. The maximum Gasteiger partial charge on any atom is 0.191 e. The lowest BCUT2D eigenvalue weighted by atomic mass is 10.0. The van der Waals surface area contributed by atoms with Crippen LogP contribution in [-0.4, -0.2) is 38.5 Å². The van der Waals surface area contributed by atoms with Gasteiger partial charge in [0.25, 0.3) is 0 Å². The monoisotopic (exact) mass is 492 g/mol. The van der Waals surface area contributed by atoms with Gasteiger partial charge in [-0.3, -0.25) is 4.99 Å². The van der Waals surface area contributed by atoms with Crippen molar-refractivity contribution in [2.75, 3.05) is 27.7 Å². The Bertz CT molecular complexity index is 748. The summed E-state index contributed by atoms with van der Waals surface area (Å²) >= 11 is 0. The van der Waals surface area contributed by atoms with E-state index in [0.717, 1.165) is 0 Å². The van der Waals surface area contributed by atoms with Crippen LogP contribution in [-0.2, 0) is 6.54 Å². The molecule has 148 valence electrons. The quantitative estimate of drug-likeness (QED) is 0.367. The van der Waals surface area contributed by atoms with E-state index in [0.29, 0.717) is 11.5 Å². The van der Waals surface area contributed by atoms with Gasteiger partial charge in [-0.15, -0.1) is 24.0 Å². The van der Waals surface area contributed by atoms with Crippen LogP contribution in [0.25, 0.3) is 0 Å². The first kappa shape index (κ1) is 23.2. The number of rotatable bonds is 6. The molecule has 0 spiro atoms. The predicted octanol–water partition coefficient (Wildman–Crippen LogP) is 3.69. The van der Waals surface area contributed by atoms with Crippen LogP contribution in [0, 0.1) is 17.5 Å². The van der Waals surface area contributed by atoms with E-state index >= 15 is 0 Å². The fourth-order valence-electron chi connectivity index (χ4n) is 2.61. The Balaban J connectivity index is 0.00000364. The van der Waals surface area contributed by atoms with E-state index in [-0.39, 0.29) is 48.4 Å². The third-order valence-corrected chi connectivity index (χ3v) is 4.05. The van der Waals surface area contributed by atoms with Crippen molar-refractivity contribution < 1.29 is 13.2 Å². The molecule has 27 heavy (non-hydrogen) atoms. The van der Waals surface area contributed by atoms with Gasteiger partial charge in [-0.25, -0.2) is 13.2 Å². The average Bonchev–Trinajstić information content (AvgIpc) is 2.60. The number of hydrogen-bond donors (Lipinski definition) is 2. The van der Waals surface area contributed by atoms with Crippen LogP contribution >= 0.6 is 24.0 Å². The number of nitrogens with one attached hydrogen (secondary N) is 2. The van der Waals surface area contributed by atoms with Crippen molar-refractivity contribution in [3.8, 4) is 0 Å². The van der Waals surface area contributed by atoms with Crippen LogP contribution in [0.2, 0.25) is 0 Å². The van der Waals surface area contributed by atoms with E-state index in [1.807, 2.05) is 0 Å². The average molecular weight is 492 g/mol. The molecule has 0 bridgehead atoms. The smallest absolute Gasteiger partial charge is 0.191 e. The molecule has 0 saturated carbocycles. The van der Waals surface area contributed by atoms with Crippen LogP contribution in [0.1, 0.15) is 17.2 Å². The van der Waals surface area contributed by atoms with E-state index in [9.17, 15) is 13.2 Å². The fourth-order valence-corrected chi connectivity index (χ4v) is 2.61. The topological polar surface area (TPSA) is 39.7 Å². The number of likely N-dealkylation sites (N-methyl/N-ethyl adjacent to an activating group) is 1. The summed E-state index contributed by atoms with van der Waals surface area (Å²) in [6.07, 6.45) is 0. The van der Waals surface area contributed by atoms with Crippen LogP contribution in [0.4, 0.5) is 13.2 Å². The first-order valence-electron chi connectivity index (χ1n) is 8.22. The number of hydrogen-bond acceptors (Lipinski definition) is 2. The number of nitrogens with zero attached hydrogens (tertiary/aromatic N) is 2. The molecule has 0 aliphatic rings. The standard InChI is InChI=1S/C19H23F3N4.HI/c1-23-19(24-11-13-7-4-5-8-14(13)20)25-12-17(26(2)3)18-15(21)9-6-10-16(18)22;/h4-10,17H,11-12H2,1-3H3,(H2,23,24,25);1H. The predicted molar refractivity (Wildman–Crippen MR) is 113 cm³/mol. The molecule has 0 radical (unpaired) electrons. The molecule has 0 heterocycles. The first-order chi connectivity index (χ1) is 12.4. The van der Waals surface area contributed by atoms with Crippen LogP contribution in [0.15, 0.2) is 47.5 Å². The number of halogens is 4. The second-order valence-corrected chi connectivity index (χ2v) is 6.01. The van der Waals surface area contributed by atoms with E-state index in [1.54, 1.807) is 44.2 Å². The lowest BCUT2D eigenvalue weighted by molar-refractivity contribution is 0.282. The molecule has 2 aromatic rings. The minimum absolute atomic E-state index is 0. The Kier molecular flexibility index (Phi) is 9.57. The minimum atomic E-state index is -0.597. The summed E-state index contributed by atoms with van der Waals surface area (Å²) in [5, 5.41) is 6.03. The molecule has 2 N–H and O–H groups in total. The molecule has 8 heteroatoms. The number of aliphatic imine (C=N–C) groups is 1. The summed E-state index contributed by atoms with van der Waals surface area (Å²) in [6.45, 7) is 0.467. The maximum atomic E-state index is 14.1. The normalized spacial score (nSPS) is 12.5. The van der Waals surface area contributed by atoms with Gasteiger partial charge in [-0.1, -0.05) is 24.3 Å². The van der Waals surface area contributed by atoms with Gasteiger partial charge in [-0.05, 0) is 32.3 Å². The Morgan fingerprint density at radius 3 is 2.11 bits per heavy atom. The van der Waals surface area contributed by atoms with Gasteiger partial charge < -0.3 is 15.5 Å². The van der Waals surface area contributed by atoms with E-state index in [4.69, 9.17) is 0 Å². The minimum Gasteiger partial charge on any atom is -0.354 e. The van der Waals surface area contributed by atoms with E-state index in [1.165, 1.54) is 24.3 Å². The lowest BCUT2D eigenvalue weighted by Gasteiger charge is -2.26.